The van der Waals surface area contributed by atoms with Crippen molar-refractivity contribution in [3.8, 4) is 5.75 Å². The summed E-state index contributed by atoms with van der Waals surface area (Å²) in [4.78, 5) is 16.3. The Hall–Kier alpha value is -1.92. The largest absolute Gasteiger partial charge is 0.496 e. The van der Waals surface area contributed by atoms with E-state index in [1.807, 2.05) is 13.0 Å². The molecule has 1 unspecified atom stereocenters. The van der Waals surface area contributed by atoms with Crippen molar-refractivity contribution in [2.24, 2.45) is 0 Å². The molecule has 0 saturated carbocycles. The van der Waals surface area contributed by atoms with E-state index in [9.17, 15) is 9.90 Å². The molecule has 0 spiro atoms. The molecular formula is C14H16N2O3S. The van der Waals surface area contributed by atoms with E-state index >= 15 is 0 Å². The fourth-order valence-electron chi connectivity index (χ4n) is 1.67. The van der Waals surface area contributed by atoms with Crippen LogP contribution in [0.5, 0.6) is 5.75 Å². The Balaban J connectivity index is 2.15. The van der Waals surface area contributed by atoms with Gasteiger partial charge in [-0.25, -0.2) is 4.98 Å². The molecule has 2 aromatic rings. The summed E-state index contributed by atoms with van der Waals surface area (Å²) in [7, 11) is 1.57. The first kappa shape index (κ1) is 14.5. The minimum Gasteiger partial charge on any atom is -0.496 e. The third-order valence-corrected chi connectivity index (χ3v) is 3.62. The molecular weight excluding hydrogens is 276 g/mol. The molecule has 6 heteroatoms. The van der Waals surface area contributed by atoms with Crippen LogP contribution in [0.25, 0.3) is 0 Å². The predicted octanol–water partition coefficient (Wildman–Crippen LogP) is 2.77. The molecule has 0 fully saturated rings. The van der Waals surface area contributed by atoms with Gasteiger partial charge in [-0.05, 0) is 31.5 Å². The van der Waals surface area contributed by atoms with Gasteiger partial charge >= 0.3 is 0 Å². The minimum absolute atomic E-state index is 0.255. The first-order valence-corrected chi connectivity index (χ1v) is 6.98. The van der Waals surface area contributed by atoms with E-state index in [1.165, 1.54) is 11.3 Å². The fourth-order valence-corrected chi connectivity index (χ4v) is 2.46. The van der Waals surface area contributed by atoms with Crippen LogP contribution in [0, 0.1) is 6.92 Å². The first-order valence-electron chi connectivity index (χ1n) is 6.10. The SMILES string of the molecule is COc1cc(C(=O)Nc2nc(C(C)O)cs2)ccc1C. The number of carbonyl (C=O) groups is 1. The molecule has 5 nitrogen and oxygen atoms in total. The second-order valence-corrected chi connectivity index (χ2v) is 5.25. The van der Waals surface area contributed by atoms with E-state index in [0.29, 0.717) is 22.1 Å². The highest BCUT2D eigenvalue weighted by molar-refractivity contribution is 7.14. The quantitative estimate of drug-likeness (QED) is 0.909. The fraction of sp³-hybridized carbons (Fsp3) is 0.286. The molecule has 0 aliphatic carbocycles. The number of methoxy groups -OCH3 is 1. The van der Waals surface area contributed by atoms with Crippen LogP contribution in [0.3, 0.4) is 0 Å². The zero-order valence-electron chi connectivity index (χ0n) is 11.5. The first-order chi connectivity index (χ1) is 9.51. The standard InChI is InChI=1S/C14H16N2O3S/c1-8-4-5-10(6-12(8)19-3)13(18)16-14-15-11(7-20-14)9(2)17/h4-7,9,17H,1-3H3,(H,15,16,18). The lowest BCUT2D eigenvalue weighted by Gasteiger charge is -2.07. The lowest BCUT2D eigenvalue weighted by Crippen LogP contribution is -2.12. The molecule has 20 heavy (non-hydrogen) atoms. The van der Waals surface area contributed by atoms with E-state index in [-0.39, 0.29) is 5.91 Å². The monoisotopic (exact) mass is 292 g/mol. The van der Waals surface area contributed by atoms with Crippen LogP contribution in [0.15, 0.2) is 23.6 Å². The summed E-state index contributed by atoms with van der Waals surface area (Å²) in [5.74, 6) is 0.413. The van der Waals surface area contributed by atoms with E-state index in [4.69, 9.17) is 4.74 Å². The van der Waals surface area contributed by atoms with Gasteiger partial charge in [-0.2, -0.15) is 0 Å². The average Bonchev–Trinajstić information content (AvgIpc) is 2.88. The van der Waals surface area contributed by atoms with Crippen LogP contribution < -0.4 is 10.1 Å². The zero-order chi connectivity index (χ0) is 14.7. The number of benzene rings is 1. The maximum Gasteiger partial charge on any atom is 0.257 e. The molecule has 2 rings (SSSR count). The number of amides is 1. The Morgan fingerprint density at radius 3 is 2.85 bits per heavy atom. The van der Waals surface area contributed by atoms with Gasteiger partial charge < -0.3 is 9.84 Å². The van der Waals surface area contributed by atoms with Gasteiger partial charge in [-0.3, -0.25) is 10.1 Å². The number of aliphatic hydroxyl groups excluding tert-OH is 1. The Bertz CT molecular complexity index is 623. The van der Waals surface area contributed by atoms with Crippen molar-refractivity contribution in [1.29, 1.82) is 0 Å². The van der Waals surface area contributed by atoms with Crippen LogP contribution in [0.1, 0.15) is 34.6 Å². The number of nitrogens with zero attached hydrogens (tertiary/aromatic N) is 1. The van der Waals surface area contributed by atoms with Crippen LogP contribution in [0.2, 0.25) is 0 Å². The van der Waals surface area contributed by atoms with Crippen molar-refractivity contribution in [3.05, 3.63) is 40.4 Å². The molecule has 0 aliphatic rings. The number of nitrogens with one attached hydrogen (secondary N) is 1. The number of anilines is 1. The molecule has 0 saturated heterocycles. The van der Waals surface area contributed by atoms with Crippen LogP contribution in [-0.2, 0) is 0 Å². The van der Waals surface area contributed by atoms with Crippen molar-refractivity contribution in [1.82, 2.24) is 4.98 Å². The molecule has 0 bridgehead atoms. The van der Waals surface area contributed by atoms with Crippen molar-refractivity contribution in [3.63, 3.8) is 0 Å². The second kappa shape index (κ2) is 6.02. The number of thiazole rings is 1. The van der Waals surface area contributed by atoms with Gasteiger partial charge in [0.2, 0.25) is 0 Å². The van der Waals surface area contributed by atoms with Crippen molar-refractivity contribution >= 4 is 22.4 Å². The molecule has 0 radical (unpaired) electrons. The van der Waals surface area contributed by atoms with E-state index < -0.39 is 6.10 Å². The highest BCUT2D eigenvalue weighted by atomic mass is 32.1. The second-order valence-electron chi connectivity index (χ2n) is 4.39. The smallest absolute Gasteiger partial charge is 0.257 e. The minimum atomic E-state index is -0.642. The lowest BCUT2D eigenvalue weighted by molar-refractivity contribution is 0.102. The number of carbonyl (C=O) groups excluding carboxylic acids is 1. The van der Waals surface area contributed by atoms with Crippen molar-refractivity contribution < 1.29 is 14.6 Å². The van der Waals surface area contributed by atoms with Gasteiger partial charge in [0.15, 0.2) is 5.13 Å². The number of aliphatic hydroxyl groups is 1. The number of aromatic nitrogens is 1. The molecule has 2 N–H and O–H groups in total. The molecule has 1 atom stereocenters. The summed E-state index contributed by atoms with van der Waals surface area (Å²) in [6.07, 6.45) is -0.642. The zero-order valence-corrected chi connectivity index (χ0v) is 12.3. The highest BCUT2D eigenvalue weighted by Gasteiger charge is 2.12. The third-order valence-electron chi connectivity index (χ3n) is 2.84. The number of rotatable bonds is 4. The summed E-state index contributed by atoms with van der Waals surface area (Å²) >= 11 is 1.28. The molecule has 1 aromatic heterocycles. The van der Waals surface area contributed by atoms with Gasteiger partial charge in [-0.15, -0.1) is 11.3 Å². The Morgan fingerprint density at radius 2 is 2.25 bits per heavy atom. The Kier molecular flexibility index (Phi) is 4.36. The van der Waals surface area contributed by atoms with Crippen molar-refractivity contribution in [2.45, 2.75) is 20.0 Å². The molecule has 106 valence electrons. The van der Waals surface area contributed by atoms with E-state index in [2.05, 4.69) is 10.3 Å². The summed E-state index contributed by atoms with van der Waals surface area (Å²) in [6.45, 7) is 3.54. The summed E-state index contributed by atoms with van der Waals surface area (Å²) in [5.41, 5.74) is 2.02. The molecule has 1 aromatic carbocycles. The highest BCUT2D eigenvalue weighted by Crippen LogP contribution is 2.22. The number of hydrogen-bond donors (Lipinski definition) is 2. The predicted molar refractivity (Wildman–Crippen MR) is 78.4 cm³/mol. The van der Waals surface area contributed by atoms with E-state index in [0.717, 1.165) is 5.56 Å². The number of ether oxygens (including phenoxy) is 1. The lowest BCUT2D eigenvalue weighted by atomic mass is 10.1. The Morgan fingerprint density at radius 1 is 1.50 bits per heavy atom. The van der Waals surface area contributed by atoms with E-state index in [1.54, 1.807) is 31.5 Å². The third kappa shape index (κ3) is 3.15. The van der Waals surface area contributed by atoms with Gasteiger partial charge in [0.05, 0.1) is 18.9 Å². The van der Waals surface area contributed by atoms with Gasteiger partial charge in [0.25, 0.3) is 5.91 Å². The molecule has 0 aliphatic heterocycles. The molecule has 1 heterocycles. The summed E-state index contributed by atoms with van der Waals surface area (Å²) < 4.78 is 5.20. The normalized spacial score (nSPS) is 12.0. The average molecular weight is 292 g/mol. The van der Waals surface area contributed by atoms with Gasteiger partial charge in [0.1, 0.15) is 5.75 Å². The number of aryl methyl sites for hydroxylation is 1. The van der Waals surface area contributed by atoms with Crippen LogP contribution in [0.4, 0.5) is 5.13 Å². The summed E-state index contributed by atoms with van der Waals surface area (Å²) in [5, 5.41) is 14.3. The summed E-state index contributed by atoms with van der Waals surface area (Å²) in [6, 6.07) is 5.25. The van der Waals surface area contributed by atoms with Gasteiger partial charge in [0, 0.05) is 10.9 Å². The maximum atomic E-state index is 12.1. The number of hydrogen-bond acceptors (Lipinski definition) is 5. The van der Waals surface area contributed by atoms with Crippen LogP contribution >= 0.6 is 11.3 Å². The Labute approximate surface area is 121 Å². The van der Waals surface area contributed by atoms with Gasteiger partial charge in [-0.1, -0.05) is 6.07 Å². The molecule has 1 amide bonds. The maximum absolute atomic E-state index is 12.1. The van der Waals surface area contributed by atoms with Crippen LogP contribution in [-0.4, -0.2) is 23.1 Å². The van der Waals surface area contributed by atoms with Crippen molar-refractivity contribution in [2.75, 3.05) is 12.4 Å². The topological polar surface area (TPSA) is 71.5 Å².